The number of hydrogen-bond donors (Lipinski definition) is 1. The van der Waals surface area contributed by atoms with Crippen LogP contribution in [0.2, 0.25) is 0 Å². The summed E-state index contributed by atoms with van der Waals surface area (Å²) in [7, 11) is 0. The van der Waals surface area contributed by atoms with Crippen LogP contribution in [0.4, 0.5) is 4.39 Å². The molecule has 1 amide bonds. The average molecular weight is 354 g/mol. The van der Waals surface area contributed by atoms with E-state index in [1.165, 1.54) is 24.3 Å². The monoisotopic (exact) mass is 354 g/mol. The molecule has 7 heteroatoms. The van der Waals surface area contributed by atoms with Crippen LogP contribution in [0, 0.1) is 18.7 Å². The number of hydrogen-bond acceptors (Lipinski definition) is 4. The summed E-state index contributed by atoms with van der Waals surface area (Å²) in [4.78, 5) is 21.2. The summed E-state index contributed by atoms with van der Waals surface area (Å²) in [6.45, 7) is 3.89. The van der Waals surface area contributed by atoms with Gasteiger partial charge in [-0.1, -0.05) is 0 Å². The summed E-state index contributed by atoms with van der Waals surface area (Å²) < 4.78 is 20.5. The van der Waals surface area contributed by atoms with E-state index in [1.807, 2.05) is 13.8 Å². The molecule has 0 radical (unpaired) electrons. The molecular formula is C19H19FN4O2. The fourth-order valence-corrected chi connectivity index (χ4v) is 2.92. The van der Waals surface area contributed by atoms with Gasteiger partial charge in [0.2, 0.25) is 5.88 Å². The third kappa shape index (κ3) is 3.24. The second kappa shape index (κ2) is 6.40. The van der Waals surface area contributed by atoms with Crippen molar-refractivity contribution in [3.05, 3.63) is 53.9 Å². The summed E-state index contributed by atoms with van der Waals surface area (Å²) in [6, 6.07) is 7.55. The summed E-state index contributed by atoms with van der Waals surface area (Å²) in [5.74, 6) is 0.774. The van der Waals surface area contributed by atoms with Crippen LogP contribution in [-0.4, -0.2) is 26.3 Å². The number of fused-ring (bicyclic) bond motifs is 1. The number of ether oxygens (including phenoxy) is 1. The maximum absolute atomic E-state index is 13.0. The first kappa shape index (κ1) is 16.5. The standard InChI is InChI=1S/C19H19FN4O2/c1-11-9-16(26-15-7-5-14(20)6-8-15)23-18-17(21-10-24(11)18)19(25)22-12(2)13-3-4-13/h5-10,12-13H,3-4H2,1-2H3,(H,22,25). The lowest BCUT2D eigenvalue weighted by Gasteiger charge is -2.12. The molecule has 0 bridgehead atoms. The number of aromatic nitrogens is 3. The Morgan fingerprint density at radius 1 is 1.35 bits per heavy atom. The summed E-state index contributed by atoms with van der Waals surface area (Å²) in [5.41, 5.74) is 1.53. The van der Waals surface area contributed by atoms with E-state index >= 15 is 0 Å². The fourth-order valence-electron chi connectivity index (χ4n) is 2.92. The van der Waals surface area contributed by atoms with Crippen LogP contribution in [0.15, 0.2) is 36.7 Å². The van der Waals surface area contributed by atoms with Gasteiger partial charge in [0.25, 0.3) is 5.91 Å². The van der Waals surface area contributed by atoms with E-state index in [-0.39, 0.29) is 23.5 Å². The Labute approximate surface area is 150 Å². The third-order valence-electron chi connectivity index (χ3n) is 4.61. The number of imidazole rings is 1. The van der Waals surface area contributed by atoms with Crippen LogP contribution in [0.3, 0.4) is 0 Å². The Hall–Kier alpha value is -2.96. The van der Waals surface area contributed by atoms with Crippen molar-refractivity contribution in [2.24, 2.45) is 5.92 Å². The maximum atomic E-state index is 13.0. The van der Waals surface area contributed by atoms with Crippen molar-refractivity contribution in [3.63, 3.8) is 0 Å². The number of carbonyl (C=O) groups excluding carboxylic acids is 1. The van der Waals surface area contributed by atoms with E-state index in [9.17, 15) is 9.18 Å². The zero-order valence-corrected chi connectivity index (χ0v) is 14.6. The second-order valence-electron chi connectivity index (χ2n) is 6.68. The molecule has 1 saturated carbocycles. The summed E-state index contributed by atoms with van der Waals surface area (Å²) >= 11 is 0. The van der Waals surface area contributed by atoms with E-state index in [1.54, 1.807) is 16.8 Å². The molecule has 6 nitrogen and oxygen atoms in total. The lowest BCUT2D eigenvalue weighted by Crippen LogP contribution is -2.34. The molecule has 3 aromatic rings. The van der Waals surface area contributed by atoms with Crippen molar-refractivity contribution in [2.75, 3.05) is 0 Å². The summed E-state index contributed by atoms with van der Waals surface area (Å²) in [6.07, 6.45) is 3.88. The molecule has 0 spiro atoms. The highest BCUT2D eigenvalue weighted by molar-refractivity contribution is 5.98. The zero-order valence-electron chi connectivity index (χ0n) is 14.6. The quantitative estimate of drug-likeness (QED) is 0.761. The first-order valence-corrected chi connectivity index (χ1v) is 8.60. The van der Waals surface area contributed by atoms with Crippen molar-refractivity contribution in [3.8, 4) is 11.6 Å². The van der Waals surface area contributed by atoms with Crippen molar-refractivity contribution in [2.45, 2.75) is 32.7 Å². The van der Waals surface area contributed by atoms with Gasteiger partial charge in [-0.05, 0) is 56.9 Å². The average Bonchev–Trinajstić information content (AvgIpc) is 3.37. The Balaban J connectivity index is 1.63. The number of amides is 1. The van der Waals surface area contributed by atoms with Gasteiger partial charge in [0.1, 0.15) is 17.9 Å². The number of nitrogens with zero attached hydrogens (tertiary/aromatic N) is 3. The molecule has 1 fully saturated rings. The summed E-state index contributed by atoms with van der Waals surface area (Å²) in [5, 5.41) is 2.99. The van der Waals surface area contributed by atoms with E-state index in [2.05, 4.69) is 15.3 Å². The van der Waals surface area contributed by atoms with Gasteiger partial charge < -0.3 is 10.1 Å². The smallest absolute Gasteiger partial charge is 0.274 e. The minimum atomic E-state index is -0.337. The second-order valence-corrected chi connectivity index (χ2v) is 6.68. The van der Waals surface area contributed by atoms with E-state index in [4.69, 9.17) is 4.74 Å². The molecule has 1 aliphatic rings. The van der Waals surface area contributed by atoms with Crippen molar-refractivity contribution >= 4 is 11.6 Å². The Kier molecular flexibility index (Phi) is 4.06. The number of benzene rings is 1. The number of nitrogens with one attached hydrogen (secondary N) is 1. The molecule has 0 saturated heterocycles. The SMILES string of the molecule is Cc1cc(Oc2ccc(F)cc2)nc2c(C(=O)NC(C)C3CC3)ncn12. The minimum Gasteiger partial charge on any atom is -0.439 e. The van der Waals surface area contributed by atoms with Crippen LogP contribution in [-0.2, 0) is 0 Å². The molecule has 1 aliphatic carbocycles. The zero-order chi connectivity index (χ0) is 18.3. The molecular weight excluding hydrogens is 335 g/mol. The topological polar surface area (TPSA) is 68.5 Å². The Morgan fingerprint density at radius 3 is 2.77 bits per heavy atom. The van der Waals surface area contributed by atoms with Gasteiger partial charge in [0.05, 0.1) is 0 Å². The van der Waals surface area contributed by atoms with Crippen LogP contribution in [0.25, 0.3) is 5.65 Å². The molecule has 134 valence electrons. The van der Waals surface area contributed by atoms with Crippen LogP contribution >= 0.6 is 0 Å². The number of aryl methyl sites for hydroxylation is 1. The van der Waals surface area contributed by atoms with Gasteiger partial charge in [-0.3, -0.25) is 9.20 Å². The van der Waals surface area contributed by atoms with Gasteiger partial charge in [-0.25, -0.2) is 9.37 Å². The molecule has 2 aromatic heterocycles. The van der Waals surface area contributed by atoms with Crippen LogP contribution in [0.1, 0.15) is 35.9 Å². The molecule has 2 heterocycles. The molecule has 0 aliphatic heterocycles. The highest BCUT2D eigenvalue weighted by Gasteiger charge is 2.30. The van der Waals surface area contributed by atoms with Crippen LogP contribution < -0.4 is 10.1 Å². The Morgan fingerprint density at radius 2 is 2.08 bits per heavy atom. The highest BCUT2D eigenvalue weighted by atomic mass is 19.1. The number of carbonyl (C=O) groups is 1. The minimum absolute atomic E-state index is 0.124. The number of rotatable bonds is 5. The largest absolute Gasteiger partial charge is 0.439 e. The van der Waals surface area contributed by atoms with E-state index in [0.29, 0.717) is 23.2 Å². The van der Waals surface area contributed by atoms with Crippen molar-refractivity contribution in [1.29, 1.82) is 0 Å². The first-order chi connectivity index (χ1) is 12.5. The third-order valence-corrected chi connectivity index (χ3v) is 4.61. The first-order valence-electron chi connectivity index (χ1n) is 8.60. The molecule has 26 heavy (non-hydrogen) atoms. The lowest BCUT2D eigenvalue weighted by molar-refractivity contribution is 0.0933. The van der Waals surface area contributed by atoms with Crippen molar-refractivity contribution in [1.82, 2.24) is 19.7 Å². The van der Waals surface area contributed by atoms with Crippen LogP contribution in [0.5, 0.6) is 11.6 Å². The van der Waals surface area contributed by atoms with E-state index in [0.717, 1.165) is 18.5 Å². The highest BCUT2D eigenvalue weighted by Crippen LogP contribution is 2.32. The molecule has 4 rings (SSSR count). The fraction of sp³-hybridized carbons (Fsp3) is 0.316. The lowest BCUT2D eigenvalue weighted by atomic mass is 10.2. The predicted molar refractivity (Wildman–Crippen MR) is 93.9 cm³/mol. The normalized spacial score (nSPS) is 15.0. The van der Waals surface area contributed by atoms with Gasteiger partial charge in [-0.2, -0.15) is 4.98 Å². The van der Waals surface area contributed by atoms with E-state index < -0.39 is 0 Å². The van der Waals surface area contributed by atoms with Gasteiger partial charge in [0, 0.05) is 17.8 Å². The molecule has 1 aromatic carbocycles. The predicted octanol–water partition coefficient (Wildman–Crippen LogP) is 3.50. The van der Waals surface area contributed by atoms with Gasteiger partial charge in [0.15, 0.2) is 11.3 Å². The van der Waals surface area contributed by atoms with Crippen molar-refractivity contribution < 1.29 is 13.9 Å². The maximum Gasteiger partial charge on any atom is 0.274 e. The number of halogens is 1. The van der Waals surface area contributed by atoms with Gasteiger partial charge >= 0.3 is 0 Å². The molecule has 1 N–H and O–H groups in total. The Bertz CT molecular complexity index is 964. The molecule has 1 unspecified atom stereocenters. The van der Waals surface area contributed by atoms with Gasteiger partial charge in [-0.15, -0.1) is 0 Å². The molecule has 1 atom stereocenters.